The minimum atomic E-state index is -0.553. The summed E-state index contributed by atoms with van der Waals surface area (Å²) in [5.41, 5.74) is 0.506. The molecule has 0 aliphatic heterocycles. The van der Waals surface area contributed by atoms with Crippen LogP contribution in [0, 0.1) is 18.7 Å². The van der Waals surface area contributed by atoms with Gasteiger partial charge in [0.2, 0.25) is 0 Å². The minimum Gasteiger partial charge on any atom is -0.462 e. The second-order valence-corrected chi connectivity index (χ2v) is 3.98. The summed E-state index contributed by atoms with van der Waals surface area (Å²) in [6, 6.07) is 4.75. The fraction of sp³-hybridized carbons (Fsp3) is 0.417. The summed E-state index contributed by atoms with van der Waals surface area (Å²) >= 11 is 0. The second-order valence-electron chi connectivity index (χ2n) is 3.98. The molecule has 0 spiro atoms. The topological polar surface area (TPSA) is 26.3 Å². The highest BCUT2D eigenvalue weighted by Gasteiger charge is 2.24. The summed E-state index contributed by atoms with van der Waals surface area (Å²) in [5, 5.41) is 0. The minimum absolute atomic E-state index is 0.0376. The third-order valence-electron chi connectivity index (χ3n) is 2.56. The van der Waals surface area contributed by atoms with Crippen molar-refractivity contribution in [2.24, 2.45) is 5.92 Å². The van der Waals surface area contributed by atoms with Gasteiger partial charge in [-0.15, -0.1) is 0 Å². The third-order valence-corrected chi connectivity index (χ3v) is 2.56. The van der Waals surface area contributed by atoms with Gasteiger partial charge >= 0.3 is 5.97 Å². The Balaban J connectivity index is 2.06. The van der Waals surface area contributed by atoms with E-state index in [1.165, 1.54) is 6.07 Å². The summed E-state index contributed by atoms with van der Waals surface area (Å²) < 4.78 is 18.5. The van der Waals surface area contributed by atoms with Crippen LogP contribution in [-0.2, 0) is 4.74 Å². The first-order valence-electron chi connectivity index (χ1n) is 5.10. The number of esters is 1. The van der Waals surface area contributed by atoms with Crippen LogP contribution in [0.2, 0.25) is 0 Å². The lowest BCUT2D eigenvalue weighted by Crippen LogP contribution is -2.10. The number of aryl methyl sites for hydroxylation is 1. The maximum absolute atomic E-state index is 13.5. The van der Waals surface area contributed by atoms with Gasteiger partial charge in [-0.2, -0.15) is 0 Å². The lowest BCUT2D eigenvalue weighted by molar-refractivity contribution is 0.0480. The van der Waals surface area contributed by atoms with E-state index in [1.807, 2.05) is 0 Å². The summed E-state index contributed by atoms with van der Waals surface area (Å²) in [5.74, 6) is -0.525. The Morgan fingerprint density at radius 2 is 2.27 bits per heavy atom. The number of carbonyl (C=O) groups is 1. The van der Waals surface area contributed by atoms with E-state index >= 15 is 0 Å². The van der Waals surface area contributed by atoms with Crippen LogP contribution in [0.25, 0.3) is 0 Å². The Morgan fingerprint density at radius 1 is 1.53 bits per heavy atom. The molecule has 0 saturated heterocycles. The van der Waals surface area contributed by atoms with E-state index < -0.39 is 11.8 Å². The predicted octanol–water partition coefficient (Wildman–Crippen LogP) is 2.70. The molecule has 0 heterocycles. The van der Waals surface area contributed by atoms with Crippen LogP contribution in [-0.4, -0.2) is 12.6 Å². The molecule has 2 nitrogen and oxygen atoms in total. The van der Waals surface area contributed by atoms with Crippen molar-refractivity contribution < 1.29 is 13.9 Å². The number of carbonyl (C=O) groups excluding carboxylic acids is 1. The highest BCUT2D eigenvalue weighted by molar-refractivity contribution is 5.89. The van der Waals surface area contributed by atoms with Gasteiger partial charge in [-0.1, -0.05) is 12.1 Å². The fourth-order valence-electron chi connectivity index (χ4n) is 1.36. The van der Waals surface area contributed by atoms with Gasteiger partial charge in [0.1, 0.15) is 5.82 Å². The maximum atomic E-state index is 13.5. The second kappa shape index (κ2) is 4.01. The Labute approximate surface area is 88.1 Å². The zero-order valence-electron chi connectivity index (χ0n) is 8.63. The van der Waals surface area contributed by atoms with Crippen LogP contribution >= 0.6 is 0 Å². The lowest BCUT2D eigenvalue weighted by atomic mass is 10.1. The van der Waals surface area contributed by atoms with E-state index in [2.05, 4.69) is 0 Å². The molecular weight excluding hydrogens is 195 g/mol. The number of rotatable bonds is 3. The summed E-state index contributed by atoms with van der Waals surface area (Å²) in [7, 11) is 0. The number of hydrogen-bond donors (Lipinski definition) is 0. The van der Waals surface area contributed by atoms with Crippen LogP contribution < -0.4 is 0 Å². The Hall–Kier alpha value is -1.38. The van der Waals surface area contributed by atoms with Crippen LogP contribution in [0.5, 0.6) is 0 Å². The molecule has 1 saturated carbocycles. The van der Waals surface area contributed by atoms with E-state index in [1.54, 1.807) is 19.1 Å². The highest BCUT2D eigenvalue weighted by atomic mass is 19.1. The molecule has 0 N–H and O–H groups in total. The first-order valence-corrected chi connectivity index (χ1v) is 5.10. The third kappa shape index (κ3) is 2.35. The predicted molar refractivity (Wildman–Crippen MR) is 54.1 cm³/mol. The highest BCUT2D eigenvalue weighted by Crippen LogP contribution is 2.29. The first kappa shape index (κ1) is 10.1. The number of halogens is 1. The molecule has 0 aromatic heterocycles. The van der Waals surface area contributed by atoms with Gasteiger partial charge in [0.15, 0.2) is 0 Å². The van der Waals surface area contributed by atoms with Crippen molar-refractivity contribution in [2.45, 2.75) is 19.8 Å². The van der Waals surface area contributed by atoms with Gasteiger partial charge in [-0.05, 0) is 37.3 Å². The lowest BCUT2D eigenvalue weighted by Gasteiger charge is -2.05. The molecule has 15 heavy (non-hydrogen) atoms. The van der Waals surface area contributed by atoms with E-state index in [9.17, 15) is 9.18 Å². The van der Waals surface area contributed by atoms with Crippen molar-refractivity contribution in [1.82, 2.24) is 0 Å². The average Bonchev–Trinajstić information content (AvgIpc) is 3.02. The molecule has 1 fully saturated rings. The largest absolute Gasteiger partial charge is 0.462 e. The SMILES string of the molecule is Cc1cccc(C(=O)OCC2CC2)c1F. The molecule has 0 radical (unpaired) electrons. The summed E-state index contributed by atoms with van der Waals surface area (Å²) in [6.07, 6.45) is 2.23. The van der Waals surface area contributed by atoms with Gasteiger partial charge in [0.25, 0.3) is 0 Å². The average molecular weight is 208 g/mol. The number of hydrogen-bond acceptors (Lipinski definition) is 2. The summed E-state index contributed by atoms with van der Waals surface area (Å²) in [6.45, 7) is 2.05. The first-order chi connectivity index (χ1) is 7.18. The maximum Gasteiger partial charge on any atom is 0.341 e. The quantitative estimate of drug-likeness (QED) is 0.714. The molecule has 1 aliphatic carbocycles. The molecule has 1 aliphatic rings. The van der Waals surface area contributed by atoms with E-state index in [-0.39, 0.29) is 5.56 Å². The molecule has 2 rings (SSSR count). The van der Waals surface area contributed by atoms with E-state index in [4.69, 9.17) is 4.74 Å². The van der Waals surface area contributed by atoms with Crippen molar-refractivity contribution >= 4 is 5.97 Å². The van der Waals surface area contributed by atoms with Gasteiger partial charge in [0.05, 0.1) is 12.2 Å². The van der Waals surface area contributed by atoms with Crippen LogP contribution in [0.15, 0.2) is 18.2 Å². The summed E-state index contributed by atoms with van der Waals surface area (Å²) in [4.78, 5) is 11.5. The molecule has 0 atom stereocenters. The Morgan fingerprint density at radius 3 is 2.93 bits per heavy atom. The van der Waals surface area contributed by atoms with Crippen molar-refractivity contribution in [3.05, 3.63) is 35.1 Å². The zero-order valence-corrected chi connectivity index (χ0v) is 8.63. The molecule has 0 amide bonds. The molecule has 1 aromatic rings. The van der Waals surface area contributed by atoms with E-state index in [0.717, 1.165) is 12.8 Å². The Bertz CT molecular complexity index is 383. The van der Waals surface area contributed by atoms with Crippen molar-refractivity contribution in [2.75, 3.05) is 6.61 Å². The van der Waals surface area contributed by atoms with Gasteiger partial charge in [0, 0.05) is 0 Å². The zero-order chi connectivity index (χ0) is 10.8. The number of ether oxygens (including phenoxy) is 1. The van der Waals surface area contributed by atoms with Gasteiger partial charge in [-0.3, -0.25) is 0 Å². The van der Waals surface area contributed by atoms with Crippen LogP contribution in [0.3, 0.4) is 0 Å². The van der Waals surface area contributed by atoms with Crippen molar-refractivity contribution in [3.63, 3.8) is 0 Å². The normalized spacial score (nSPS) is 15.1. The van der Waals surface area contributed by atoms with Crippen LogP contribution in [0.1, 0.15) is 28.8 Å². The van der Waals surface area contributed by atoms with Crippen molar-refractivity contribution in [3.8, 4) is 0 Å². The number of benzene rings is 1. The molecular formula is C12H13FO2. The fourth-order valence-corrected chi connectivity index (χ4v) is 1.36. The Kier molecular flexibility index (Phi) is 2.71. The monoisotopic (exact) mass is 208 g/mol. The molecule has 0 unspecified atom stereocenters. The standard InChI is InChI=1S/C12H13FO2/c1-8-3-2-4-10(11(8)13)12(14)15-7-9-5-6-9/h2-4,9H,5-7H2,1H3. The van der Waals surface area contributed by atoms with Crippen LogP contribution in [0.4, 0.5) is 4.39 Å². The molecule has 3 heteroatoms. The van der Waals surface area contributed by atoms with Gasteiger partial charge < -0.3 is 4.74 Å². The molecule has 0 bridgehead atoms. The smallest absolute Gasteiger partial charge is 0.341 e. The van der Waals surface area contributed by atoms with Crippen molar-refractivity contribution in [1.29, 1.82) is 0 Å². The molecule has 80 valence electrons. The molecule has 1 aromatic carbocycles. The van der Waals surface area contributed by atoms with Gasteiger partial charge in [-0.25, -0.2) is 9.18 Å². The van der Waals surface area contributed by atoms with E-state index in [0.29, 0.717) is 18.1 Å².